The van der Waals surface area contributed by atoms with Crippen molar-refractivity contribution in [1.82, 2.24) is 0 Å². The van der Waals surface area contributed by atoms with Crippen LogP contribution in [0.25, 0.3) is 0 Å². The van der Waals surface area contributed by atoms with Crippen LogP contribution >= 0.6 is 0 Å². The summed E-state index contributed by atoms with van der Waals surface area (Å²) in [5.41, 5.74) is 0. The molecule has 0 aliphatic carbocycles. The maximum Gasteiger partial charge on any atom is 0.183 e. The number of ether oxygens (including phenoxy) is 1. The minimum Gasteiger partial charge on any atom is -0.387 e. The number of aliphatic hydroxyl groups is 3. The minimum atomic E-state index is -1.36. The van der Waals surface area contributed by atoms with Gasteiger partial charge in [0.05, 0.1) is 6.61 Å². The molecule has 0 aromatic heterocycles. The Morgan fingerprint density at radius 3 is 2.45 bits per heavy atom. The van der Waals surface area contributed by atoms with Crippen molar-refractivity contribution in [2.45, 2.75) is 24.6 Å². The van der Waals surface area contributed by atoms with Crippen LogP contribution in [-0.2, 0) is 9.57 Å². The quantitative estimate of drug-likeness (QED) is 0.315. The number of hydrogen-bond acceptors (Lipinski definition) is 6. The van der Waals surface area contributed by atoms with E-state index in [-0.39, 0.29) is 6.61 Å². The third-order valence-electron chi connectivity index (χ3n) is 1.63. The van der Waals surface area contributed by atoms with Crippen LogP contribution in [0.1, 0.15) is 0 Å². The highest BCUT2D eigenvalue weighted by Gasteiger charge is 2.37. The number of hydrogen-bond donors (Lipinski definition) is 4. The van der Waals surface area contributed by atoms with Crippen molar-refractivity contribution in [3.8, 4) is 0 Å². The van der Waals surface area contributed by atoms with Crippen LogP contribution in [0.2, 0.25) is 0 Å². The molecule has 1 fully saturated rings. The van der Waals surface area contributed by atoms with Crippen molar-refractivity contribution >= 4 is 0 Å². The van der Waals surface area contributed by atoms with E-state index in [0.717, 1.165) is 0 Å². The number of nitrogens with two attached hydrogens (primary N) is 1. The van der Waals surface area contributed by atoms with E-state index in [2.05, 4.69) is 9.57 Å². The Balaban J connectivity index is 2.52. The van der Waals surface area contributed by atoms with E-state index < -0.39 is 24.6 Å². The van der Waals surface area contributed by atoms with Gasteiger partial charge in [-0.1, -0.05) is 0 Å². The molecule has 1 saturated heterocycles. The van der Waals surface area contributed by atoms with Crippen molar-refractivity contribution < 1.29 is 24.9 Å². The average Bonchev–Trinajstić information content (AvgIpc) is 2.01. The molecule has 66 valence electrons. The second-order valence-corrected chi connectivity index (χ2v) is 2.38. The van der Waals surface area contributed by atoms with E-state index in [4.69, 9.17) is 21.2 Å². The summed E-state index contributed by atoms with van der Waals surface area (Å²) in [6.45, 7) is -0.0319. The molecule has 1 rings (SSSR count). The highest BCUT2D eigenvalue weighted by molar-refractivity contribution is 4.82. The fourth-order valence-corrected chi connectivity index (χ4v) is 0.899. The Morgan fingerprint density at radius 1 is 1.27 bits per heavy atom. The molecule has 5 N–H and O–H groups in total. The van der Waals surface area contributed by atoms with Crippen molar-refractivity contribution in [1.29, 1.82) is 0 Å². The van der Waals surface area contributed by atoms with Crippen molar-refractivity contribution in [3.63, 3.8) is 0 Å². The Morgan fingerprint density at radius 2 is 1.91 bits per heavy atom. The van der Waals surface area contributed by atoms with Gasteiger partial charge in [0, 0.05) is 0 Å². The van der Waals surface area contributed by atoms with E-state index in [0.29, 0.717) is 0 Å². The Kier molecular flexibility index (Phi) is 2.77. The van der Waals surface area contributed by atoms with Crippen LogP contribution in [0.15, 0.2) is 0 Å². The molecule has 0 aromatic rings. The summed E-state index contributed by atoms with van der Waals surface area (Å²) < 4.78 is 4.60. The van der Waals surface area contributed by atoms with E-state index in [1.54, 1.807) is 0 Å². The molecule has 11 heavy (non-hydrogen) atoms. The summed E-state index contributed by atoms with van der Waals surface area (Å²) in [6, 6.07) is 0. The highest BCUT2D eigenvalue weighted by Crippen LogP contribution is 2.14. The summed E-state index contributed by atoms with van der Waals surface area (Å²) in [4.78, 5) is 4.28. The summed E-state index contributed by atoms with van der Waals surface area (Å²) in [6.07, 6.45) is -4.72. The first kappa shape index (κ1) is 8.85. The summed E-state index contributed by atoms with van der Waals surface area (Å²) in [5.74, 6) is 4.77. The fourth-order valence-electron chi connectivity index (χ4n) is 0.899. The van der Waals surface area contributed by atoms with Crippen molar-refractivity contribution in [2.24, 2.45) is 5.90 Å². The zero-order valence-corrected chi connectivity index (χ0v) is 5.75. The Bertz CT molecular complexity index is 130. The van der Waals surface area contributed by atoms with Crippen molar-refractivity contribution in [2.75, 3.05) is 6.61 Å². The van der Waals surface area contributed by atoms with Gasteiger partial charge in [-0.25, -0.2) is 5.90 Å². The van der Waals surface area contributed by atoms with Gasteiger partial charge in [-0.2, -0.15) is 0 Å². The van der Waals surface area contributed by atoms with Gasteiger partial charge in [0.2, 0.25) is 0 Å². The van der Waals surface area contributed by atoms with Crippen LogP contribution in [0.3, 0.4) is 0 Å². The molecule has 0 aromatic carbocycles. The third kappa shape index (κ3) is 1.67. The second-order valence-electron chi connectivity index (χ2n) is 2.38. The van der Waals surface area contributed by atoms with Crippen LogP contribution in [0.5, 0.6) is 0 Å². The lowest BCUT2D eigenvalue weighted by molar-refractivity contribution is -0.261. The molecule has 1 aliphatic rings. The van der Waals surface area contributed by atoms with E-state index >= 15 is 0 Å². The summed E-state index contributed by atoms with van der Waals surface area (Å²) >= 11 is 0. The summed E-state index contributed by atoms with van der Waals surface area (Å²) in [7, 11) is 0. The van der Waals surface area contributed by atoms with Gasteiger partial charge in [-0.05, 0) is 0 Å². The van der Waals surface area contributed by atoms with E-state index in [1.807, 2.05) is 0 Å². The Labute approximate surface area is 63.1 Å². The van der Waals surface area contributed by atoms with E-state index in [1.165, 1.54) is 0 Å². The topological polar surface area (TPSA) is 105 Å². The number of rotatable bonds is 1. The lowest BCUT2D eigenvalue weighted by atomic mass is 10.1. The molecule has 1 aliphatic heterocycles. The molecule has 0 bridgehead atoms. The van der Waals surface area contributed by atoms with Crippen LogP contribution in [0.4, 0.5) is 0 Å². The van der Waals surface area contributed by atoms with Crippen molar-refractivity contribution in [3.05, 3.63) is 0 Å². The molecular formula is C5H11NO5. The first-order chi connectivity index (χ1) is 5.16. The maximum atomic E-state index is 9.11. The first-order valence-electron chi connectivity index (χ1n) is 3.18. The SMILES string of the molecule is NOC1COC(O)C(O)C1O. The van der Waals surface area contributed by atoms with Gasteiger partial charge >= 0.3 is 0 Å². The van der Waals surface area contributed by atoms with Crippen LogP contribution in [0, 0.1) is 0 Å². The molecule has 4 unspecified atom stereocenters. The molecule has 0 spiro atoms. The highest BCUT2D eigenvalue weighted by atomic mass is 16.7. The second kappa shape index (κ2) is 3.44. The fraction of sp³-hybridized carbons (Fsp3) is 1.00. The first-order valence-corrected chi connectivity index (χ1v) is 3.18. The zero-order chi connectivity index (χ0) is 8.43. The molecule has 4 atom stereocenters. The number of aliphatic hydroxyl groups excluding tert-OH is 3. The molecule has 6 nitrogen and oxygen atoms in total. The van der Waals surface area contributed by atoms with Crippen LogP contribution in [-0.4, -0.2) is 46.5 Å². The standard InChI is InChI=1S/C5H11NO5/c6-11-2-1-10-5(9)4(8)3(2)7/h2-5,7-9H,1,6H2. The molecule has 6 heteroatoms. The predicted molar refractivity (Wildman–Crippen MR) is 33.0 cm³/mol. The van der Waals surface area contributed by atoms with E-state index in [9.17, 15) is 0 Å². The summed E-state index contributed by atoms with van der Waals surface area (Å²) in [5, 5.41) is 26.9. The lowest BCUT2D eigenvalue weighted by Crippen LogP contribution is -2.54. The van der Waals surface area contributed by atoms with Crippen LogP contribution < -0.4 is 5.90 Å². The average molecular weight is 165 g/mol. The predicted octanol–water partition coefficient (Wildman–Crippen LogP) is -2.68. The minimum absolute atomic E-state index is 0.0319. The van der Waals surface area contributed by atoms with Gasteiger partial charge < -0.3 is 20.1 Å². The molecule has 0 radical (unpaired) electrons. The lowest BCUT2D eigenvalue weighted by Gasteiger charge is -2.33. The third-order valence-corrected chi connectivity index (χ3v) is 1.63. The smallest absolute Gasteiger partial charge is 0.183 e. The largest absolute Gasteiger partial charge is 0.387 e. The zero-order valence-electron chi connectivity index (χ0n) is 5.75. The van der Waals surface area contributed by atoms with Gasteiger partial charge in [0.25, 0.3) is 0 Å². The van der Waals surface area contributed by atoms with Gasteiger partial charge in [-0.15, -0.1) is 0 Å². The van der Waals surface area contributed by atoms with Gasteiger partial charge in [-0.3, -0.25) is 4.84 Å². The Hall–Kier alpha value is -0.240. The maximum absolute atomic E-state index is 9.11. The molecule has 1 heterocycles. The van der Waals surface area contributed by atoms with Gasteiger partial charge in [0.15, 0.2) is 6.29 Å². The monoisotopic (exact) mass is 165 g/mol. The van der Waals surface area contributed by atoms with Gasteiger partial charge in [0.1, 0.15) is 18.3 Å². The molecule has 0 saturated carbocycles. The molecular weight excluding hydrogens is 154 g/mol. The molecule has 0 amide bonds. The normalized spacial score (nSPS) is 45.8.